The van der Waals surface area contributed by atoms with Gasteiger partial charge in [-0.15, -0.1) is 0 Å². The number of hydrogen-bond acceptors (Lipinski definition) is 5. The Kier molecular flexibility index (Phi) is 3.48. The molecule has 0 aliphatic heterocycles. The predicted octanol–water partition coefficient (Wildman–Crippen LogP) is -0.0831. The van der Waals surface area contributed by atoms with Crippen LogP contribution in [0.5, 0.6) is 0 Å². The van der Waals surface area contributed by atoms with Gasteiger partial charge in [0.15, 0.2) is 5.76 Å². The largest absolute Gasteiger partial charge is 0.360 e. The summed E-state index contributed by atoms with van der Waals surface area (Å²) in [7, 11) is -3.56. The minimum absolute atomic E-state index is 0.100. The smallest absolute Gasteiger partial charge is 0.246 e. The fraction of sp³-hybridized carbons (Fsp3) is 0.625. The molecule has 0 fully saturated rings. The van der Waals surface area contributed by atoms with E-state index in [9.17, 15) is 8.42 Å². The standard InChI is InChI=1S/C8H15N3O3S/c1-5(9)4-10-15(12,13)8-6(2)11-14-7(8)3/h5,10H,4,9H2,1-3H3. The molecule has 0 saturated heterocycles. The summed E-state index contributed by atoms with van der Waals surface area (Å²) in [6, 6.07) is -0.236. The van der Waals surface area contributed by atoms with E-state index in [0.29, 0.717) is 5.69 Å². The average Bonchev–Trinajstić information content (AvgIpc) is 2.43. The van der Waals surface area contributed by atoms with Crippen LogP contribution in [0.2, 0.25) is 0 Å². The normalized spacial score (nSPS) is 14.1. The van der Waals surface area contributed by atoms with Crippen molar-refractivity contribution < 1.29 is 12.9 Å². The number of hydrogen-bond donors (Lipinski definition) is 2. The number of rotatable bonds is 4. The second-order valence-corrected chi connectivity index (χ2v) is 5.19. The number of nitrogens with two attached hydrogens (primary N) is 1. The second kappa shape index (κ2) is 4.30. The minimum atomic E-state index is -3.56. The Morgan fingerprint density at radius 3 is 2.53 bits per heavy atom. The molecule has 1 aromatic heterocycles. The number of aromatic nitrogens is 1. The molecular formula is C8H15N3O3S. The highest BCUT2D eigenvalue weighted by Gasteiger charge is 2.23. The highest BCUT2D eigenvalue weighted by molar-refractivity contribution is 7.89. The maximum Gasteiger partial charge on any atom is 0.246 e. The summed E-state index contributed by atoms with van der Waals surface area (Å²) in [6.07, 6.45) is 0. The summed E-state index contributed by atoms with van der Waals surface area (Å²) < 4.78 is 30.7. The first kappa shape index (κ1) is 12.2. The van der Waals surface area contributed by atoms with Crippen LogP contribution in [0.4, 0.5) is 0 Å². The van der Waals surface area contributed by atoms with Gasteiger partial charge in [-0.3, -0.25) is 0 Å². The summed E-state index contributed by atoms with van der Waals surface area (Å²) in [5.41, 5.74) is 5.81. The summed E-state index contributed by atoms with van der Waals surface area (Å²) in [6.45, 7) is 5.04. The van der Waals surface area contributed by atoms with E-state index in [0.717, 1.165) is 0 Å². The minimum Gasteiger partial charge on any atom is -0.360 e. The fourth-order valence-electron chi connectivity index (χ4n) is 1.17. The van der Waals surface area contributed by atoms with Crippen molar-refractivity contribution in [3.8, 4) is 0 Å². The number of aryl methyl sites for hydroxylation is 2. The zero-order valence-electron chi connectivity index (χ0n) is 8.94. The van der Waals surface area contributed by atoms with Crippen molar-refractivity contribution in [2.24, 2.45) is 5.73 Å². The van der Waals surface area contributed by atoms with E-state index in [1.54, 1.807) is 20.8 Å². The maximum atomic E-state index is 11.8. The SMILES string of the molecule is Cc1noc(C)c1S(=O)(=O)NCC(C)N. The van der Waals surface area contributed by atoms with Gasteiger partial charge in [-0.05, 0) is 20.8 Å². The molecule has 3 N–H and O–H groups in total. The van der Waals surface area contributed by atoms with Crippen LogP contribution in [0.25, 0.3) is 0 Å². The molecule has 1 aromatic rings. The van der Waals surface area contributed by atoms with Crippen molar-refractivity contribution in [3.63, 3.8) is 0 Å². The van der Waals surface area contributed by atoms with Crippen molar-refractivity contribution in [2.75, 3.05) is 6.54 Å². The van der Waals surface area contributed by atoms with Gasteiger partial charge in [-0.25, -0.2) is 13.1 Å². The third-order valence-electron chi connectivity index (χ3n) is 1.83. The summed E-state index contributed by atoms with van der Waals surface area (Å²) in [4.78, 5) is 0.100. The Hall–Kier alpha value is -0.920. The Balaban J connectivity index is 2.96. The fourth-order valence-corrected chi connectivity index (χ4v) is 2.64. The Morgan fingerprint density at radius 1 is 1.53 bits per heavy atom. The molecule has 1 heterocycles. The molecule has 1 rings (SSSR count). The van der Waals surface area contributed by atoms with Crippen LogP contribution in [0, 0.1) is 13.8 Å². The first-order valence-corrected chi connectivity index (χ1v) is 6.01. The van der Waals surface area contributed by atoms with Crippen molar-refractivity contribution >= 4 is 10.0 Å². The first-order chi connectivity index (χ1) is 6.84. The van der Waals surface area contributed by atoms with Crippen LogP contribution < -0.4 is 10.5 Å². The Labute approximate surface area is 88.9 Å². The van der Waals surface area contributed by atoms with Gasteiger partial charge in [-0.1, -0.05) is 5.16 Å². The molecule has 0 aliphatic rings. The summed E-state index contributed by atoms with van der Waals surface area (Å²) in [5, 5.41) is 3.58. The molecule has 0 saturated carbocycles. The molecule has 0 radical (unpaired) electrons. The zero-order valence-corrected chi connectivity index (χ0v) is 9.76. The van der Waals surface area contributed by atoms with Gasteiger partial charge >= 0.3 is 0 Å². The highest BCUT2D eigenvalue weighted by atomic mass is 32.2. The Morgan fingerprint density at radius 2 is 2.13 bits per heavy atom. The zero-order chi connectivity index (χ0) is 11.6. The molecule has 0 aromatic carbocycles. The topological polar surface area (TPSA) is 98.2 Å². The van der Waals surface area contributed by atoms with E-state index in [4.69, 9.17) is 10.3 Å². The van der Waals surface area contributed by atoms with E-state index < -0.39 is 10.0 Å². The monoisotopic (exact) mass is 233 g/mol. The summed E-state index contributed by atoms with van der Waals surface area (Å²) >= 11 is 0. The lowest BCUT2D eigenvalue weighted by Crippen LogP contribution is -2.35. The molecule has 7 heteroatoms. The van der Waals surface area contributed by atoms with Crippen LogP contribution in [-0.4, -0.2) is 26.2 Å². The predicted molar refractivity (Wildman–Crippen MR) is 54.8 cm³/mol. The molecular weight excluding hydrogens is 218 g/mol. The van der Waals surface area contributed by atoms with Gasteiger partial charge in [0, 0.05) is 12.6 Å². The number of nitrogens with zero attached hydrogens (tertiary/aromatic N) is 1. The maximum absolute atomic E-state index is 11.8. The van der Waals surface area contributed by atoms with E-state index >= 15 is 0 Å². The third kappa shape index (κ3) is 2.77. The van der Waals surface area contributed by atoms with Crippen LogP contribution in [0.15, 0.2) is 9.42 Å². The molecule has 0 spiro atoms. The van der Waals surface area contributed by atoms with Crippen molar-refractivity contribution in [2.45, 2.75) is 31.7 Å². The lowest BCUT2D eigenvalue weighted by atomic mass is 10.4. The molecule has 1 atom stereocenters. The average molecular weight is 233 g/mol. The molecule has 0 amide bonds. The molecule has 86 valence electrons. The van der Waals surface area contributed by atoms with E-state index in [2.05, 4.69) is 9.88 Å². The van der Waals surface area contributed by atoms with Crippen molar-refractivity contribution in [3.05, 3.63) is 11.5 Å². The lowest BCUT2D eigenvalue weighted by molar-refractivity contribution is 0.390. The molecule has 0 aliphatic carbocycles. The van der Waals surface area contributed by atoms with E-state index in [1.807, 2.05) is 0 Å². The van der Waals surface area contributed by atoms with Gasteiger partial charge in [0.2, 0.25) is 10.0 Å². The number of nitrogens with one attached hydrogen (secondary N) is 1. The second-order valence-electron chi connectivity index (χ2n) is 3.48. The van der Waals surface area contributed by atoms with Gasteiger partial charge in [0.1, 0.15) is 10.6 Å². The van der Waals surface area contributed by atoms with Gasteiger partial charge in [0.05, 0.1) is 0 Å². The molecule has 15 heavy (non-hydrogen) atoms. The van der Waals surface area contributed by atoms with Crippen LogP contribution in [0.1, 0.15) is 18.4 Å². The third-order valence-corrected chi connectivity index (χ3v) is 3.50. The van der Waals surface area contributed by atoms with Crippen LogP contribution in [-0.2, 0) is 10.0 Å². The lowest BCUT2D eigenvalue weighted by Gasteiger charge is -2.07. The van der Waals surface area contributed by atoms with E-state index in [1.165, 1.54) is 0 Å². The van der Waals surface area contributed by atoms with Crippen LogP contribution in [0.3, 0.4) is 0 Å². The molecule has 1 unspecified atom stereocenters. The van der Waals surface area contributed by atoms with Crippen molar-refractivity contribution in [1.29, 1.82) is 0 Å². The molecule has 6 nitrogen and oxygen atoms in total. The van der Waals surface area contributed by atoms with Gasteiger partial charge < -0.3 is 10.3 Å². The van der Waals surface area contributed by atoms with Gasteiger partial charge in [-0.2, -0.15) is 0 Å². The first-order valence-electron chi connectivity index (χ1n) is 4.52. The quantitative estimate of drug-likeness (QED) is 0.757. The van der Waals surface area contributed by atoms with E-state index in [-0.39, 0.29) is 23.2 Å². The highest BCUT2D eigenvalue weighted by Crippen LogP contribution is 2.18. The number of sulfonamides is 1. The van der Waals surface area contributed by atoms with Crippen LogP contribution >= 0.6 is 0 Å². The molecule has 0 bridgehead atoms. The Bertz CT molecular complexity index is 416. The van der Waals surface area contributed by atoms with Gasteiger partial charge in [0.25, 0.3) is 0 Å². The summed E-state index contributed by atoms with van der Waals surface area (Å²) in [5.74, 6) is 0.282. The van der Waals surface area contributed by atoms with Crippen molar-refractivity contribution in [1.82, 2.24) is 9.88 Å².